The zero-order valence-corrected chi connectivity index (χ0v) is 13.0. The second-order valence-corrected chi connectivity index (χ2v) is 5.76. The normalized spacial score (nSPS) is 15.8. The summed E-state index contributed by atoms with van der Waals surface area (Å²) in [6.07, 6.45) is 2.84. The molecular weight excluding hydrogens is 294 g/mol. The van der Waals surface area contributed by atoms with E-state index in [0.29, 0.717) is 10.9 Å². The van der Waals surface area contributed by atoms with Gasteiger partial charge in [-0.1, -0.05) is 6.58 Å². The first-order valence-electron chi connectivity index (χ1n) is 7.49. The number of carbonyl (C=O) groups is 1. The maximum atomic E-state index is 12.3. The second-order valence-electron chi connectivity index (χ2n) is 5.76. The Morgan fingerprint density at radius 1 is 1.26 bits per heavy atom. The van der Waals surface area contributed by atoms with Crippen molar-refractivity contribution < 1.29 is 9.90 Å². The zero-order valence-electron chi connectivity index (χ0n) is 13.0. The third-order valence-electron chi connectivity index (χ3n) is 4.31. The summed E-state index contributed by atoms with van der Waals surface area (Å²) in [6.45, 7) is 7.54. The van der Waals surface area contributed by atoms with Crippen LogP contribution >= 0.6 is 0 Å². The summed E-state index contributed by atoms with van der Waals surface area (Å²) < 4.78 is 1.60. The lowest BCUT2D eigenvalue weighted by molar-refractivity contribution is 0.0695. The van der Waals surface area contributed by atoms with E-state index < -0.39 is 11.4 Å². The van der Waals surface area contributed by atoms with Crippen molar-refractivity contribution >= 4 is 28.8 Å². The molecule has 0 radical (unpaired) electrons. The zero-order chi connectivity index (χ0) is 16.6. The van der Waals surface area contributed by atoms with Crippen LogP contribution in [-0.4, -0.2) is 53.8 Å². The van der Waals surface area contributed by atoms with Crippen LogP contribution < -0.4 is 10.3 Å². The summed E-state index contributed by atoms with van der Waals surface area (Å²) in [6, 6.07) is 5.52. The Morgan fingerprint density at radius 2 is 1.96 bits per heavy atom. The number of hydrogen-bond donors (Lipinski definition) is 1. The van der Waals surface area contributed by atoms with Gasteiger partial charge in [0.2, 0.25) is 5.43 Å². The van der Waals surface area contributed by atoms with E-state index in [1.54, 1.807) is 10.6 Å². The number of benzene rings is 1. The van der Waals surface area contributed by atoms with Crippen molar-refractivity contribution in [2.75, 3.05) is 38.1 Å². The molecule has 0 saturated carbocycles. The number of pyridine rings is 1. The predicted octanol–water partition coefficient (Wildman–Crippen LogP) is 1.55. The molecule has 1 aliphatic heterocycles. The van der Waals surface area contributed by atoms with Crippen molar-refractivity contribution in [3.8, 4) is 0 Å². The lowest BCUT2D eigenvalue weighted by Crippen LogP contribution is -2.44. The van der Waals surface area contributed by atoms with Gasteiger partial charge in [0.05, 0.1) is 5.52 Å². The summed E-state index contributed by atoms with van der Waals surface area (Å²) in [4.78, 5) is 28.1. The van der Waals surface area contributed by atoms with Crippen molar-refractivity contribution in [3.63, 3.8) is 0 Å². The molecule has 1 aromatic carbocycles. The molecule has 3 rings (SSSR count). The molecule has 0 unspecified atom stereocenters. The Kier molecular flexibility index (Phi) is 3.92. The Morgan fingerprint density at radius 3 is 2.57 bits per heavy atom. The highest BCUT2D eigenvalue weighted by atomic mass is 16.4. The standard InChI is InChI=1S/C17H19N3O3/c1-3-19-11-14(17(22)23)16(21)13-5-4-12(10-15(13)19)20-8-6-18(2)7-9-20/h3-5,10-11H,1,6-9H2,2H3,(H,22,23). The molecule has 1 N–H and O–H groups in total. The quantitative estimate of drug-likeness (QED) is 0.931. The highest BCUT2D eigenvalue weighted by Gasteiger charge is 2.17. The molecule has 6 nitrogen and oxygen atoms in total. The molecule has 1 fully saturated rings. The van der Waals surface area contributed by atoms with Gasteiger partial charge in [-0.2, -0.15) is 0 Å². The van der Waals surface area contributed by atoms with Crippen LogP contribution in [-0.2, 0) is 0 Å². The van der Waals surface area contributed by atoms with Gasteiger partial charge >= 0.3 is 5.97 Å². The van der Waals surface area contributed by atoms with E-state index in [9.17, 15) is 9.59 Å². The van der Waals surface area contributed by atoms with E-state index in [0.717, 1.165) is 31.9 Å². The van der Waals surface area contributed by atoms with Crippen molar-refractivity contribution in [2.45, 2.75) is 0 Å². The first-order chi connectivity index (χ1) is 11.0. The summed E-state index contributed by atoms with van der Waals surface area (Å²) in [5.41, 5.74) is 0.996. The van der Waals surface area contributed by atoms with Crippen LogP contribution in [0.3, 0.4) is 0 Å². The molecular formula is C17H19N3O3. The third kappa shape index (κ3) is 2.73. The van der Waals surface area contributed by atoms with E-state index in [1.165, 1.54) is 12.4 Å². The minimum absolute atomic E-state index is 0.246. The number of aromatic nitrogens is 1. The number of piperazine rings is 1. The fraction of sp³-hybridized carbons (Fsp3) is 0.294. The Hall–Kier alpha value is -2.60. The van der Waals surface area contributed by atoms with Crippen LogP contribution in [0.4, 0.5) is 5.69 Å². The summed E-state index contributed by atoms with van der Waals surface area (Å²) in [5, 5.41) is 9.56. The van der Waals surface area contributed by atoms with Crippen molar-refractivity contribution in [1.82, 2.24) is 9.47 Å². The summed E-state index contributed by atoms with van der Waals surface area (Å²) in [7, 11) is 2.10. The van der Waals surface area contributed by atoms with Crippen LogP contribution in [0.25, 0.3) is 17.1 Å². The molecule has 23 heavy (non-hydrogen) atoms. The van der Waals surface area contributed by atoms with Crippen LogP contribution in [0.5, 0.6) is 0 Å². The largest absolute Gasteiger partial charge is 0.477 e. The number of carboxylic acids is 1. The summed E-state index contributed by atoms with van der Waals surface area (Å²) >= 11 is 0. The van der Waals surface area contributed by atoms with Crippen LogP contribution in [0.1, 0.15) is 10.4 Å². The first-order valence-corrected chi connectivity index (χ1v) is 7.49. The number of likely N-dealkylation sites (N-methyl/N-ethyl adjacent to an activating group) is 1. The Labute approximate surface area is 133 Å². The third-order valence-corrected chi connectivity index (χ3v) is 4.31. The molecule has 0 spiro atoms. The molecule has 2 aromatic rings. The molecule has 2 heterocycles. The van der Waals surface area contributed by atoms with Crippen molar-refractivity contribution in [2.24, 2.45) is 0 Å². The summed E-state index contributed by atoms with van der Waals surface area (Å²) in [5.74, 6) is -1.23. The molecule has 120 valence electrons. The topological polar surface area (TPSA) is 65.8 Å². The molecule has 0 amide bonds. The molecule has 6 heteroatoms. The first kappa shape index (κ1) is 15.3. The van der Waals surface area contributed by atoms with Gasteiger partial charge in [0.1, 0.15) is 5.56 Å². The van der Waals surface area contributed by atoms with E-state index in [1.807, 2.05) is 12.1 Å². The van der Waals surface area contributed by atoms with Gasteiger partial charge < -0.3 is 19.5 Å². The van der Waals surface area contributed by atoms with Gasteiger partial charge in [-0.05, 0) is 25.2 Å². The maximum absolute atomic E-state index is 12.3. The smallest absolute Gasteiger partial charge is 0.341 e. The molecule has 1 aliphatic rings. The minimum Gasteiger partial charge on any atom is -0.477 e. The van der Waals surface area contributed by atoms with E-state index >= 15 is 0 Å². The van der Waals surface area contributed by atoms with E-state index in [4.69, 9.17) is 5.11 Å². The fourth-order valence-electron chi connectivity index (χ4n) is 2.90. The Bertz CT molecular complexity index is 833. The monoisotopic (exact) mass is 313 g/mol. The predicted molar refractivity (Wildman–Crippen MR) is 91.3 cm³/mol. The van der Waals surface area contributed by atoms with Gasteiger partial charge in [-0.15, -0.1) is 0 Å². The van der Waals surface area contributed by atoms with E-state index in [2.05, 4.69) is 23.4 Å². The highest BCUT2D eigenvalue weighted by Crippen LogP contribution is 2.22. The number of rotatable bonds is 3. The van der Waals surface area contributed by atoms with Gasteiger partial charge in [0.25, 0.3) is 0 Å². The minimum atomic E-state index is -1.23. The van der Waals surface area contributed by atoms with Gasteiger partial charge in [-0.25, -0.2) is 4.79 Å². The lowest BCUT2D eigenvalue weighted by Gasteiger charge is -2.34. The van der Waals surface area contributed by atoms with Crippen molar-refractivity contribution in [3.05, 3.63) is 46.8 Å². The van der Waals surface area contributed by atoms with Crippen LogP contribution in [0.2, 0.25) is 0 Å². The lowest BCUT2D eigenvalue weighted by atomic mass is 10.1. The number of nitrogens with zero attached hydrogens (tertiary/aromatic N) is 3. The number of aromatic carboxylic acids is 1. The fourth-order valence-corrected chi connectivity index (χ4v) is 2.90. The molecule has 0 bridgehead atoms. The van der Waals surface area contributed by atoms with Crippen molar-refractivity contribution in [1.29, 1.82) is 0 Å². The number of anilines is 1. The average Bonchev–Trinajstić information content (AvgIpc) is 2.55. The maximum Gasteiger partial charge on any atom is 0.341 e. The number of carboxylic acid groups (broad SMARTS) is 1. The van der Waals surface area contributed by atoms with Gasteiger partial charge in [-0.3, -0.25) is 4.79 Å². The molecule has 0 aliphatic carbocycles. The molecule has 0 atom stereocenters. The van der Waals surface area contributed by atoms with Crippen LogP contribution in [0, 0.1) is 0 Å². The Balaban J connectivity index is 2.13. The molecule has 1 aromatic heterocycles. The van der Waals surface area contributed by atoms with Gasteiger partial charge in [0, 0.05) is 49.6 Å². The molecule has 1 saturated heterocycles. The second kappa shape index (κ2) is 5.89. The number of fused-ring (bicyclic) bond motifs is 1. The van der Waals surface area contributed by atoms with Gasteiger partial charge in [0.15, 0.2) is 0 Å². The van der Waals surface area contributed by atoms with Crippen LogP contribution in [0.15, 0.2) is 35.8 Å². The highest BCUT2D eigenvalue weighted by molar-refractivity contribution is 5.94. The number of hydrogen-bond acceptors (Lipinski definition) is 4. The average molecular weight is 313 g/mol. The van der Waals surface area contributed by atoms with E-state index in [-0.39, 0.29) is 5.56 Å². The SMILES string of the molecule is C=Cn1cc(C(=O)O)c(=O)c2ccc(N3CCN(C)CC3)cc21.